The lowest BCUT2D eigenvalue weighted by Crippen LogP contribution is -2.50. The molecule has 4 nitrogen and oxygen atoms in total. The van der Waals surface area contributed by atoms with Gasteiger partial charge < -0.3 is 13.9 Å². The van der Waals surface area contributed by atoms with Crippen LogP contribution in [0.15, 0.2) is 0 Å². The Balaban J connectivity index is 2.78. The monoisotopic (exact) mass is 442 g/mol. The summed E-state index contributed by atoms with van der Waals surface area (Å²) in [5.41, 5.74) is 1.59. The molecule has 6 heteroatoms. The van der Waals surface area contributed by atoms with Gasteiger partial charge in [0.15, 0.2) is 0 Å². The molecule has 0 saturated carbocycles. The van der Waals surface area contributed by atoms with Crippen LogP contribution in [0.25, 0.3) is 0 Å². The molecule has 130 valence electrons. The van der Waals surface area contributed by atoms with Crippen molar-refractivity contribution in [2.24, 2.45) is 0 Å². The summed E-state index contributed by atoms with van der Waals surface area (Å²) in [4.78, 5) is 11.6. The van der Waals surface area contributed by atoms with Crippen molar-refractivity contribution in [2.45, 2.75) is 87.6 Å². The van der Waals surface area contributed by atoms with Gasteiger partial charge >= 0.3 is 6.16 Å². The summed E-state index contributed by atoms with van der Waals surface area (Å²) in [6, 6.07) is 0. The van der Waals surface area contributed by atoms with Gasteiger partial charge in [0.2, 0.25) is 8.32 Å². The van der Waals surface area contributed by atoms with Gasteiger partial charge in [0.25, 0.3) is 0 Å². The highest BCUT2D eigenvalue weighted by molar-refractivity contribution is 14.1. The number of ether oxygens (including phenoxy) is 2. The molecule has 1 heterocycles. The van der Waals surface area contributed by atoms with Gasteiger partial charge in [-0.15, -0.1) is 0 Å². The molecular formula is C16H31IO4Si. The highest BCUT2D eigenvalue weighted by Gasteiger charge is 2.46. The Kier molecular flexibility index (Phi) is 7.65. The molecule has 0 unspecified atom stereocenters. The number of alkyl halides is 1. The molecule has 0 bridgehead atoms. The zero-order chi connectivity index (χ0) is 17.1. The summed E-state index contributed by atoms with van der Waals surface area (Å²) in [6.07, 6.45) is -0.108. The first-order chi connectivity index (χ1) is 10.1. The first kappa shape index (κ1) is 20.2. The Hall–Kier alpha value is 0.177. The fourth-order valence-corrected chi connectivity index (χ4v) is 9.68. The fraction of sp³-hybridized carbons (Fsp3) is 0.938. The van der Waals surface area contributed by atoms with Crippen LogP contribution in [0.4, 0.5) is 4.79 Å². The van der Waals surface area contributed by atoms with E-state index in [1.165, 1.54) is 0 Å². The summed E-state index contributed by atoms with van der Waals surface area (Å²) < 4.78 is 17.4. The lowest BCUT2D eigenvalue weighted by Gasteiger charge is -2.43. The first-order valence-corrected chi connectivity index (χ1v) is 11.6. The van der Waals surface area contributed by atoms with Crippen molar-refractivity contribution in [3.05, 3.63) is 0 Å². The molecule has 1 saturated heterocycles. The van der Waals surface area contributed by atoms with E-state index in [9.17, 15) is 4.79 Å². The van der Waals surface area contributed by atoms with E-state index in [1.54, 1.807) is 0 Å². The molecule has 1 fully saturated rings. The Morgan fingerprint density at radius 1 is 1.09 bits per heavy atom. The summed E-state index contributed by atoms with van der Waals surface area (Å²) in [5, 5.41) is 0. The van der Waals surface area contributed by atoms with Crippen LogP contribution in [0.2, 0.25) is 16.6 Å². The van der Waals surface area contributed by atoms with Crippen LogP contribution in [-0.2, 0) is 13.9 Å². The van der Waals surface area contributed by atoms with E-state index in [0.717, 1.165) is 0 Å². The number of carbonyl (C=O) groups excluding carboxylic acids is 1. The second-order valence-corrected chi connectivity index (χ2v) is 14.6. The molecule has 0 aliphatic carbocycles. The molecule has 0 N–H and O–H groups in total. The normalized spacial score (nSPS) is 24.6. The maximum absolute atomic E-state index is 11.6. The predicted octanol–water partition coefficient (Wildman–Crippen LogP) is 5.30. The van der Waals surface area contributed by atoms with Gasteiger partial charge in [0.1, 0.15) is 12.2 Å². The summed E-state index contributed by atoms with van der Waals surface area (Å²) in [6.45, 7) is 16.1. The highest BCUT2D eigenvalue weighted by atomic mass is 127. The Morgan fingerprint density at radius 2 is 1.59 bits per heavy atom. The minimum absolute atomic E-state index is 0.0799. The molecule has 3 atom stereocenters. The third-order valence-corrected chi connectivity index (χ3v) is 11.6. The van der Waals surface area contributed by atoms with Crippen molar-refractivity contribution in [2.75, 3.05) is 6.61 Å². The summed E-state index contributed by atoms with van der Waals surface area (Å²) in [7, 11) is -1.92. The van der Waals surface area contributed by atoms with E-state index < -0.39 is 14.5 Å². The van der Waals surface area contributed by atoms with Crippen molar-refractivity contribution >= 4 is 37.1 Å². The number of cyclic esters (lactones) is 2. The standard InChI is InChI=1S/C16H31IO4Si/c1-10(2)22(11(3)4,12(5)6)19-9-14-8-15(13(7)17)21-16(18)20-14/h10-15H,8-9H2,1-7H3/t13-,14+,15-/m0/s1. The third-order valence-electron chi connectivity index (χ3n) is 4.74. The van der Waals surface area contributed by atoms with Crippen LogP contribution < -0.4 is 0 Å². The van der Waals surface area contributed by atoms with Crippen LogP contribution in [0, 0.1) is 0 Å². The summed E-state index contributed by atoms with van der Waals surface area (Å²) >= 11 is 2.29. The van der Waals surface area contributed by atoms with Crippen molar-refractivity contribution in [3.63, 3.8) is 0 Å². The van der Waals surface area contributed by atoms with Gasteiger partial charge in [-0.2, -0.15) is 0 Å². The van der Waals surface area contributed by atoms with E-state index in [-0.39, 0.29) is 16.1 Å². The van der Waals surface area contributed by atoms with Crippen LogP contribution in [0.3, 0.4) is 0 Å². The quantitative estimate of drug-likeness (QED) is 0.232. The van der Waals surface area contributed by atoms with E-state index in [0.29, 0.717) is 29.7 Å². The molecule has 1 aliphatic rings. The Morgan fingerprint density at radius 3 is 2.00 bits per heavy atom. The van der Waals surface area contributed by atoms with Gasteiger partial charge in [-0.25, -0.2) is 4.79 Å². The largest absolute Gasteiger partial charge is 0.508 e. The third kappa shape index (κ3) is 4.60. The topological polar surface area (TPSA) is 44.8 Å². The average Bonchev–Trinajstić information content (AvgIpc) is 2.37. The van der Waals surface area contributed by atoms with E-state index >= 15 is 0 Å². The van der Waals surface area contributed by atoms with Gasteiger partial charge in [-0.3, -0.25) is 0 Å². The van der Waals surface area contributed by atoms with Crippen molar-refractivity contribution < 1.29 is 18.7 Å². The van der Waals surface area contributed by atoms with Gasteiger partial charge in [0.05, 0.1) is 6.61 Å². The van der Waals surface area contributed by atoms with Crippen molar-refractivity contribution in [1.82, 2.24) is 0 Å². The second-order valence-electron chi connectivity index (χ2n) is 7.19. The van der Waals surface area contributed by atoms with Gasteiger partial charge in [-0.1, -0.05) is 64.1 Å². The molecular weight excluding hydrogens is 411 g/mol. The minimum Gasteiger partial charge on any atom is -0.430 e. The molecule has 0 aromatic heterocycles. The molecule has 1 rings (SSSR count). The SMILES string of the molecule is CC(C)[Si](OC[C@H]1C[C@@H]([C@H](C)I)OC(=O)O1)(C(C)C)C(C)C. The van der Waals surface area contributed by atoms with Gasteiger partial charge in [0, 0.05) is 10.3 Å². The maximum atomic E-state index is 11.6. The lowest BCUT2D eigenvalue weighted by atomic mass is 10.1. The summed E-state index contributed by atoms with van der Waals surface area (Å²) in [5.74, 6) is 0. The minimum atomic E-state index is -1.92. The van der Waals surface area contributed by atoms with Crippen LogP contribution in [0.5, 0.6) is 0 Å². The number of halogens is 1. The molecule has 22 heavy (non-hydrogen) atoms. The zero-order valence-corrected chi connectivity index (χ0v) is 18.0. The molecule has 0 radical (unpaired) electrons. The molecule has 0 amide bonds. The lowest BCUT2D eigenvalue weighted by molar-refractivity contribution is -0.0708. The van der Waals surface area contributed by atoms with E-state index in [2.05, 4.69) is 71.1 Å². The Bertz CT molecular complexity index is 349. The van der Waals surface area contributed by atoms with E-state index in [1.807, 2.05) is 0 Å². The number of hydrogen-bond acceptors (Lipinski definition) is 4. The van der Waals surface area contributed by atoms with Crippen LogP contribution in [0.1, 0.15) is 54.9 Å². The maximum Gasteiger partial charge on any atom is 0.508 e. The second kappa shape index (κ2) is 8.33. The van der Waals surface area contributed by atoms with Crippen molar-refractivity contribution in [1.29, 1.82) is 0 Å². The molecule has 0 spiro atoms. The zero-order valence-electron chi connectivity index (χ0n) is 14.9. The number of hydrogen-bond donors (Lipinski definition) is 0. The highest BCUT2D eigenvalue weighted by Crippen LogP contribution is 2.42. The van der Waals surface area contributed by atoms with Crippen molar-refractivity contribution in [3.8, 4) is 0 Å². The first-order valence-electron chi connectivity index (χ1n) is 8.26. The predicted molar refractivity (Wildman–Crippen MR) is 100 cm³/mol. The molecule has 1 aliphatic heterocycles. The number of rotatable bonds is 7. The molecule has 0 aromatic rings. The van der Waals surface area contributed by atoms with Gasteiger partial charge in [-0.05, 0) is 23.5 Å². The fourth-order valence-electron chi connectivity index (χ4n) is 3.76. The van der Waals surface area contributed by atoms with Crippen LogP contribution in [-0.4, -0.2) is 37.2 Å². The number of carbonyl (C=O) groups is 1. The van der Waals surface area contributed by atoms with E-state index in [4.69, 9.17) is 13.9 Å². The smallest absolute Gasteiger partial charge is 0.430 e. The molecule has 0 aromatic carbocycles. The average molecular weight is 442 g/mol. The Labute approximate surface area is 149 Å². The van der Waals surface area contributed by atoms with Crippen LogP contribution >= 0.6 is 22.6 Å².